The fourth-order valence-electron chi connectivity index (χ4n) is 2.37. The minimum absolute atomic E-state index is 0.0177. The normalized spacial score (nSPS) is 11.2. The summed E-state index contributed by atoms with van der Waals surface area (Å²) in [6, 6.07) is 12.2. The fraction of sp³-hybridized carbons (Fsp3) is 0.0526. The SMILES string of the molecule is O=C(Nc1cccc(C(F)(F)F)c1)c1cccnc1Nc1ccc(Cl)c(Cl)c1. The lowest BCUT2D eigenvalue weighted by atomic mass is 10.1. The Morgan fingerprint density at radius 2 is 1.71 bits per heavy atom. The number of nitrogens with zero attached hydrogens (tertiary/aromatic N) is 1. The number of pyridine rings is 1. The molecule has 0 radical (unpaired) electrons. The summed E-state index contributed by atoms with van der Waals surface area (Å²) in [5.74, 6) is -0.402. The third kappa shape index (κ3) is 4.74. The summed E-state index contributed by atoms with van der Waals surface area (Å²) in [6.07, 6.45) is -3.03. The van der Waals surface area contributed by atoms with Crippen molar-refractivity contribution in [2.24, 2.45) is 0 Å². The summed E-state index contributed by atoms with van der Waals surface area (Å²) in [6.45, 7) is 0. The Balaban J connectivity index is 1.84. The van der Waals surface area contributed by atoms with Crippen molar-refractivity contribution in [3.63, 3.8) is 0 Å². The summed E-state index contributed by atoms with van der Waals surface area (Å²) >= 11 is 11.9. The first-order valence-corrected chi connectivity index (χ1v) is 8.65. The van der Waals surface area contributed by atoms with Gasteiger partial charge < -0.3 is 10.6 Å². The first-order valence-electron chi connectivity index (χ1n) is 7.90. The number of aromatic nitrogens is 1. The quantitative estimate of drug-likeness (QED) is 0.508. The Kier molecular flexibility index (Phi) is 5.76. The van der Waals surface area contributed by atoms with E-state index in [1.807, 2.05) is 0 Å². The first-order chi connectivity index (χ1) is 13.2. The fourth-order valence-corrected chi connectivity index (χ4v) is 2.67. The average molecular weight is 426 g/mol. The van der Waals surface area contributed by atoms with E-state index in [-0.39, 0.29) is 17.1 Å². The van der Waals surface area contributed by atoms with Crippen LogP contribution in [0, 0.1) is 0 Å². The maximum Gasteiger partial charge on any atom is 0.416 e. The molecule has 1 amide bonds. The number of halogens is 5. The Bertz CT molecular complexity index is 1030. The van der Waals surface area contributed by atoms with E-state index >= 15 is 0 Å². The van der Waals surface area contributed by atoms with E-state index in [1.165, 1.54) is 24.4 Å². The molecule has 0 fully saturated rings. The molecule has 0 bridgehead atoms. The Labute approximate surface area is 168 Å². The highest BCUT2D eigenvalue weighted by molar-refractivity contribution is 6.42. The highest BCUT2D eigenvalue weighted by Gasteiger charge is 2.30. The van der Waals surface area contributed by atoms with Crippen molar-refractivity contribution in [3.05, 3.63) is 82.0 Å². The molecule has 0 spiro atoms. The van der Waals surface area contributed by atoms with Crippen molar-refractivity contribution in [1.29, 1.82) is 0 Å². The molecular weight excluding hydrogens is 414 g/mol. The van der Waals surface area contributed by atoms with Crippen LogP contribution in [0.15, 0.2) is 60.8 Å². The van der Waals surface area contributed by atoms with Gasteiger partial charge in [-0.3, -0.25) is 4.79 Å². The zero-order valence-corrected chi connectivity index (χ0v) is 15.5. The van der Waals surface area contributed by atoms with Crippen molar-refractivity contribution in [2.45, 2.75) is 6.18 Å². The van der Waals surface area contributed by atoms with E-state index < -0.39 is 17.6 Å². The maximum atomic E-state index is 12.8. The molecule has 0 saturated carbocycles. The van der Waals surface area contributed by atoms with Crippen LogP contribution in [0.3, 0.4) is 0 Å². The molecule has 1 heterocycles. The molecule has 0 atom stereocenters. The highest BCUT2D eigenvalue weighted by Crippen LogP contribution is 2.31. The molecule has 0 aliphatic heterocycles. The smallest absolute Gasteiger partial charge is 0.340 e. The minimum Gasteiger partial charge on any atom is -0.340 e. The Hall–Kier alpha value is -2.77. The molecule has 1 aromatic heterocycles. The number of anilines is 3. The molecule has 0 aliphatic rings. The van der Waals surface area contributed by atoms with Crippen LogP contribution in [0.2, 0.25) is 10.0 Å². The van der Waals surface area contributed by atoms with Crippen LogP contribution >= 0.6 is 23.2 Å². The van der Waals surface area contributed by atoms with Gasteiger partial charge in [0, 0.05) is 17.6 Å². The standard InChI is InChI=1S/C19H12Cl2F3N3O/c20-15-7-6-13(10-16(15)21)26-17-14(5-2-8-25-17)18(28)27-12-4-1-3-11(9-12)19(22,23)24/h1-10H,(H,25,26)(H,27,28). The van der Waals surface area contributed by atoms with Gasteiger partial charge in [-0.05, 0) is 48.5 Å². The summed E-state index contributed by atoms with van der Waals surface area (Å²) in [4.78, 5) is 16.7. The monoisotopic (exact) mass is 425 g/mol. The predicted octanol–water partition coefficient (Wildman–Crippen LogP) is 6.40. The second kappa shape index (κ2) is 8.08. The third-order valence-electron chi connectivity index (χ3n) is 3.68. The molecule has 0 aliphatic carbocycles. The van der Waals surface area contributed by atoms with Crippen LogP contribution < -0.4 is 10.6 Å². The minimum atomic E-state index is -4.50. The number of amides is 1. The number of rotatable bonds is 4. The van der Waals surface area contributed by atoms with Crippen molar-refractivity contribution in [2.75, 3.05) is 10.6 Å². The van der Waals surface area contributed by atoms with Crippen LogP contribution in [-0.4, -0.2) is 10.9 Å². The number of carbonyl (C=O) groups is 1. The van der Waals surface area contributed by atoms with Gasteiger partial charge in [-0.2, -0.15) is 13.2 Å². The number of hydrogen-bond donors (Lipinski definition) is 2. The Morgan fingerprint density at radius 3 is 2.43 bits per heavy atom. The van der Waals surface area contributed by atoms with E-state index in [0.717, 1.165) is 12.1 Å². The van der Waals surface area contributed by atoms with Crippen LogP contribution in [-0.2, 0) is 6.18 Å². The van der Waals surface area contributed by atoms with Gasteiger partial charge >= 0.3 is 6.18 Å². The van der Waals surface area contributed by atoms with Crippen molar-refractivity contribution < 1.29 is 18.0 Å². The lowest BCUT2D eigenvalue weighted by molar-refractivity contribution is -0.137. The summed E-state index contributed by atoms with van der Waals surface area (Å²) in [5, 5.41) is 6.09. The third-order valence-corrected chi connectivity index (χ3v) is 4.42. The molecule has 3 rings (SSSR count). The topological polar surface area (TPSA) is 54.0 Å². The number of alkyl halides is 3. The number of carbonyl (C=O) groups excluding carboxylic acids is 1. The number of nitrogens with one attached hydrogen (secondary N) is 2. The van der Waals surface area contributed by atoms with Gasteiger partial charge in [0.15, 0.2) is 0 Å². The molecular formula is C19H12Cl2F3N3O. The van der Waals surface area contributed by atoms with Gasteiger partial charge in [0.05, 0.1) is 21.2 Å². The molecule has 0 unspecified atom stereocenters. The lowest BCUT2D eigenvalue weighted by Gasteiger charge is -2.13. The molecule has 4 nitrogen and oxygen atoms in total. The lowest BCUT2D eigenvalue weighted by Crippen LogP contribution is -2.15. The summed E-state index contributed by atoms with van der Waals surface area (Å²) < 4.78 is 38.5. The largest absolute Gasteiger partial charge is 0.416 e. The summed E-state index contributed by atoms with van der Waals surface area (Å²) in [5.41, 5.74) is -0.151. The van der Waals surface area contributed by atoms with Gasteiger partial charge in [-0.25, -0.2) is 4.98 Å². The van der Waals surface area contributed by atoms with Crippen LogP contribution in [0.25, 0.3) is 0 Å². The second-order valence-electron chi connectivity index (χ2n) is 5.69. The van der Waals surface area contributed by atoms with Gasteiger partial charge in [0.1, 0.15) is 5.82 Å². The zero-order chi connectivity index (χ0) is 20.3. The van der Waals surface area contributed by atoms with Crippen LogP contribution in [0.1, 0.15) is 15.9 Å². The van der Waals surface area contributed by atoms with Crippen molar-refractivity contribution in [1.82, 2.24) is 4.98 Å². The maximum absolute atomic E-state index is 12.8. The van der Waals surface area contributed by atoms with Gasteiger partial charge in [-0.1, -0.05) is 29.3 Å². The van der Waals surface area contributed by atoms with Gasteiger partial charge in [0.25, 0.3) is 5.91 Å². The van der Waals surface area contributed by atoms with E-state index in [2.05, 4.69) is 15.6 Å². The predicted molar refractivity (Wildman–Crippen MR) is 103 cm³/mol. The van der Waals surface area contributed by atoms with E-state index in [0.29, 0.717) is 15.7 Å². The number of benzene rings is 2. The average Bonchev–Trinajstić information content (AvgIpc) is 2.65. The number of hydrogen-bond acceptors (Lipinski definition) is 3. The highest BCUT2D eigenvalue weighted by atomic mass is 35.5. The van der Waals surface area contributed by atoms with E-state index in [9.17, 15) is 18.0 Å². The van der Waals surface area contributed by atoms with Crippen LogP contribution in [0.5, 0.6) is 0 Å². The molecule has 28 heavy (non-hydrogen) atoms. The van der Waals surface area contributed by atoms with Gasteiger partial charge in [-0.15, -0.1) is 0 Å². The molecule has 2 aromatic carbocycles. The molecule has 3 aromatic rings. The van der Waals surface area contributed by atoms with E-state index in [1.54, 1.807) is 24.3 Å². The molecule has 144 valence electrons. The summed E-state index contributed by atoms with van der Waals surface area (Å²) in [7, 11) is 0. The van der Waals surface area contributed by atoms with Crippen molar-refractivity contribution >= 4 is 46.3 Å². The van der Waals surface area contributed by atoms with Gasteiger partial charge in [0.2, 0.25) is 0 Å². The first kappa shape index (κ1) is 20.0. The molecule has 2 N–H and O–H groups in total. The second-order valence-corrected chi connectivity index (χ2v) is 6.50. The Morgan fingerprint density at radius 1 is 0.929 bits per heavy atom. The molecule has 0 saturated heterocycles. The van der Waals surface area contributed by atoms with E-state index in [4.69, 9.17) is 23.2 Å². The molecule has 9 heteroatoms. The van der Waals surface area contributed by atoms with Crippen molar-refractivity contribution in [3.8, 4) is 0 Å². The van der Waals surface area contributed by atoms with Crippen LogP contribution in [0.4, 0.5) is 30.4 Å². The zero-order valence-electron chi connectivity index (χ0n) is 14.0.